The molecular weight excluding hydrogens is 352 g/mol. The van der Waals surface area contributed by atoms with Crippen molar-refractivity contribution in [2.45, 2.75) is 19.1 Å². The third-order valence-electron chi connectivity index (χ3n) is 4.65. The molecule has 4 rings (SSSR count). The van der Waals surface area contributed by atoms with Crippen molar-refractivity contribution in [3.05, 3.63) is 62.0 Å². The molecular formula is C18H18N4O3S. The molecule has 1 atom stereocenters. The molecule has 2 aromatic rings. The molecule has 0 saturated carbocycles. The van der Waals surface area contributed by atoms with Gasteiger partial charge in [0.25, 0.3) is 11.6 Å². The number of nitro groups is 1. The van der Waals surface area contributed by atoms with Crippen LogP contribution in [0.2, 0.25) is 0 Å². The van der Waals surface area contributed by atoms with Gasteiger partial charge in [-0.15, -0.1) is 11.3 Å². The van der Waals surface area contributed by atoms with Crippen molar-refractivity contribution in [1.29, 1.82) is 0 Å². The van der Waals surface area contributed by atoms with Crippen LogP contribution in [0, 0.1) is 10.1 Å². The highest BCUT2D eigenvalue weighted by Gasteiger charge is 2.31. The minimum absolute atomic E-state index is 0.0428. The zero-order valence-electron chi connectivity index (χ0n) is 14.2. The van der Waals surface area contributed by atoms with E-state index < -0.39 is 11.1 Å². The molecule has 0 saturated heterocycles. The summed E-state index contributed by atoms with van der Waals surface area (Å²) in [6, 6.07) is 6.54. The Morgan fingerprint density at radius 2 is 2.15 bits per heavy atom. The number of para-hydroxylation sites is 1. The third-order valence-corrected chi connectivity index (χ3v) is 5.80. The maximum absolute atomic E-state index is 12.6. The fourth-order valence-corrected chi connectivity index (χ4v) is 4.72. The molecule has 0 aliphatic carbocycles. The molecule has 26 heavy (non-hydrogen) atoms. The summed E-state index contributed by atoms with van der Waals surface area (Å²) >= 11 is 1.62. The molecule has 8 heteroatoms. The molecule has 2 aliphatic heterocycles. The summed E-state index contributed by atoms with van der Waals surface area (Å²) in [5.41, 5.74) is 2.45. The zero-order chi connectivity index (χ0) is 18.3. The Morgan fingerprint density at radius 1 is 1.35 bits per heavy atom. The number of carbonyl (C=O) groups is 1. The van der Waals surface area contributed by atoms with Gasteiger partial charge < -0.3 is 15.5 Å². The van der Waals surface area contributed by atoms with Crippen LogP contribution in [0.4, 0.5) is 10.7 Å². The maximum Gasteiger partial charge on any atom is 0.276 e. The van der Waals surface area contributed by atoms with Crippen LogP contribution in [0.3, 0.4) is 0 Å². The van der Waals surface area contributed by atoms with Gasteiger partial charge in [-0.3, -0.25) is 14.9 Å². The third kappa shape index (κ3) is 2.97. The SMILES string of the molecule is CN1CCc2c(sc3c2C(=O)N[C@@H](/C=C/c2ccccc2[N+](=O)[O-])N3)C1. The van der Waals surface area contributed by atoms with Crippen LogP contribution in [0.15, 0.2) is 30.3 Å². The number of benzene rings is 1. The molecule has 7 nitrogen and oxygen atoms in total. The van der Waals surface area contributed by atoms with Gasteiger partial charge in [-0.05, 0) is 37.3 Å². The van der Waals surface area contributed by atoms with Gasteiger partial charge in [-0.1, -0.05) is 12.1 Å². The molecule has 1 aromatic carbocycles. The Hall–Kier alpha value is -2.71. The standard InChI is InChI=1S/C18H18N4O3S/c1-21-9-8-12-14(10-21)26-18-16(12)17(23)19-15(20-18)7-6-11-4-2-3-5-13(11)22(24)25/h2-7,15,20H,8-10H2,1H3,(H,19,23)/b7-6+/t15-/m1/s1. The van der Waals surface area contributed by atoms with E-state index in [4.69, 9.17) is 0 Å². The molecule has 134 valence electrons. The van der Waals surface area contributed by atoms with Crippen molar-refractivity contribution in [2.24, 2.45) is 0 Å². The van der Waals surface area contributed by atoms with Crippen LogP contribution < -0.4 is 10.6 Å². The highest BCUT2D eigenvalue weighted by molar-refractivity contribution is 7.16. The lowest BCUT2D eigenvalue weighted by Gasteiger charge is -2.25. The van der Waals surface area contributed by atoms with Crippen molar-refractivity contribution in [3.8, 4) is 0 Å². The van der Waals surface area contributed by atoms with E-state index in [2.05, 4.69) is 22.6 Å². The Kier molecular flexibility index (Phi) is 4.21. The largest absolute Gasteiger partial charge is 0.353 e. The minimum Gasteiger partial charge on any atom is -0.353 e. The lowest BCUT2D eigenvalue weighted by atomic mass is 10.0. The van der Waals surface area contributed by atoms with Gasteiger partial charge in [0.05, 0.1) is 16.1 Å². The Bertz CT molecular complexity index is 921. The first-order chi connectivity index (χ1) is 12.5. The number of nitrogens with zero attached hydrogens (tertiary/aromatic N) is 2. The van der Waals surface area contributed by atoms with E-state index >= 15 is 0 Å². The fraction of sp³-hybridized carbons (Fsp3) is 0.278. The number of nitrogens with one attached hydrogen (secondary N) is 2. The van der Waals surface area contributed by atoms with Crippen molar-refractivity contribution >= 4 is 34.0 Å². The summed E-state index contributed by atoms with van der Waals surface area (Å²) in [5, 5.41) is 18.2. The predicted molar refractivity (Wildman–Crippen MR) is 101 cm³/mol. The molecule has 3 heterocycles. The predicted octanol–water partition coefficient (Wildman–Crippen LogP) is 2.84. The fourth-order valence-electron chi connectivity index (χ4n) is 3.35. The summed E-state index contributed by atoms with van der Waals surface area (Å²) < 4.78 is 0. The van der Waals surface area contributed by atoms with Gasteiger partial charge in [-0.2, -0.15) is 0 Å². The monoisotopic (exact) mass is 370 g/mol. The van der Waals surface area contributed by atoms with E-state index in [0.717, 1.165) is 35.6 Å². The second-order valence-corrected chi connectivity index (χ2v) is 7.57. The summed E-state index contributed by atoms with van der Waals surface area (Å²) in [6.07, 6.45) is 3.90. The highest BCUT2D eigenvalue weighted by atomic mass is 32.1. The maximum atomic E-state index is 12.6. The molecule has 0 unspecified atom stereocenters. The van der Waals surface area contributed by atoms with E-state index in [1.54, 1.807) is 41.7 Å². The van der Waals surface area contributed by atoms with Crippen molar-refractivity contribution in [1.82, 2.24) is 10.2 Å². The number of amides is 1. The molecule has 1 amide bonds. The second kappa shape index (κ2) is 6.54. The van der Waals surface area contributed by atoms with Crippen LogP contribution in [0.1, 0.15) is 26.4 Å². The number of hydrogen-bond acceptors (Lipinski definition) is 6. The molecule has 0 spiro atoms. The number of rotatable bonds is 3. The smallest absolute Gasteiger partial charge is 0.276 e. The first-order valence-corrected chi connectivity index (χ1v) is 9.16. The van der Waals surface area contributed by atoms with E-state index in [1.165, 1.54) is 10.9 Å². The van der Waals surface area contributed by atoms with Gasteiger partial charge in [-0.25, -0.2) is 0 Å². The van der Waals surface area contributed by atoms with Crippen LogP contribution in [-0.2, 0) is 13.0 Å². The molecule has 0 fully saturated rings. The van der Waals surface area contributed by atoms with Gasteiger partial charge in [0.1, 0.15) is 11.2 Å². The van der Waals surface area contributed by atoms with Gasteiger partial charge in [0.2, 0.25) is 0 Å². The summed E-state index contributed by atoms with van der Waals surface area (Å²) in [7, 11) is 2.08. The van der Waals surface area contributed by atoms with Crippen LogP contribution in [-0.4, -0.2) is 35.5 Å². The zero-order valence-corrected chi connectivity index (χ0v) is 15.0. The van der Waals surface area contributed by atoms with E-state index in [-0.39, 0.29) is 11.6 Å². The molecule has 1 aromatic heterocycles. The van der Waals surface area contributed by atoms with Gasteiger partial charge in [0, 0.05) is 24.0 Å². The van der Waals surface area contributed by atoms with E-state index in [9.17, 15) is 14.9 Å². The lowest BCUT2D eigenvalue weighted by molar-refractivity contribution is -0.385. The normalized spacial score (nSPS) is 19.6. The van der Waals surface area contributed by atoms with Gasteiger partial charge in [0.15, 0.2) is 0 Å². The number of likely N-dealkylation sites (N-methyl/N-ethyl adjacent to an activating group) is 1. The average molecular weight is 370 g/mol. The van der Waals surface area contributed by atoms with Crippen LogP contribution in [0.5, 0.6) is 0 Å². The summed E-state index contributed by atoms with van der Waals surface area (Å²) in [4.78, 5) is 26.8. The van der Waals surface area contributed by atoms with Gasteiger partial charge >= 0.3 is 0 Å². The average Bonchev–Trinajstić information content (AvgIpc) is 2.97. The number of anilines is 1. The number of fused-ring (bicyclic) bond motifs is 3. The lowest BCUT2D eigenvalue weighted by Crippen LogP contribution is -2.43. The highest BCUT2D eigenvalue weighted by Crippen LogP contribution is 2.38. The topological polar surface area (TPSA) is 87.5 Å². The minimum atomic E-state index is -0.408. The first-order valence-electron chi connectivity index (χ1n) is 8.35. The van der Waals surface area contributed by atoms with Crippen LogP contribution >= 0.6 is 11.3 Å². The Balaban J connectivity index is 1.59. The number of carbonyl (C=O) groups excluding carboxylic acids is 1. The number of nitro benzene ring substituents is 1. The molecule has 0 bridgehead atoms. The van der Waals surface area contributed by atoms with E-state index in [1.807, 2.05) is 0 Å². The van der Waals surface area contributed by atoms with Crippen molar-refractivity contribution in [3.63, 3.8) is 0 Å². The number of hydrogen-bond donors (Lipinski definition) is 2. The van der Waals surface area contributed by atoms with Crippen LogP contribution in [0.25, 0.3) is 6.08 Å². The quantitative estimate of drug-likeness (QED) is 0.641. The molecule has 2 N–H and O–H groups in total. The molecule has 2 aliphatic rings. The van der Waals surface area contributed by atoms with Crippen molar-refractivity contribution < 1.29 is 9.72 Å². The summed E-state index contributed by atoms with van der Waals surface area (Å²) in [5.74, 6) is -0.0852. The number of thiophene rings is 1. The van der Waals surface area contributed by atoms with E-state index in [0.29, 0.717) is 5.56 Å². The first kappa shape index (κ1) is 16.7. The second-order valence-electron chi connectivity index (χ2n) is 6.47. The summed E-state index contributed by atoms with van der Waals surface area (Å²) in [6.45, 7) is 1.81. The Morgan fingerprint density at radius 3 is 2.96 bits per heavy atom. The molecule has 0 radical (unpaired) electrons. The van der Waals surface area contributed by atoms with Crippen molar-refractivity contribution in [2.75, 3.05) is 18.9 Å². The Labute approximate surface area is 154 Å².